The topological polar surface area (TPSA) is 32.8 Å². The van der Waals surface area contributed by atoms with Gasteiger partial charge in [-0.2, -0.15) is 0 Å². The summed E-state index contributed by atoms with van der Waals surface area (Å²) in [5, 5.41) is 0. The van der Waals surface area contributed by atoms with Gasteiger partial charge in [0.1, 0.15) is 11.9 Å². The Morgan fingerprint density at radius 2 is 1.77 bits per heavy atom. The number of carbonyl (C=O) groups excluding carboxylic acids is 1. The Morgan fingerprint density at radius 3 is 2.58 bits per heavy atom. The fraction of sp³-hybridized carbons (Fsp3) is 0.409. The van der Waals surface area contributed by atoms with Crippen molar-refractivity contribution in [2.24, 2.45) is 5.92 Å². The second-order valence-electron chi connectivity index (χ2n) is 7.77. The number of benzene rings is 2. The van der Waals surface area contributed by atoms with Gasteiger partial charge < -0.3 is 9.64 Å². The molecule has 4 nitrogen and oxygen atoms in total. The molecule has 1 saturated heterocycles. The summed E-state index contributed by atoms with van der Waals surface area (Å²) in [5.74, 6) is 1.74. The van der Waals surface area contributed by atoms with Crippen molar-refractivity contribution >= 4 is 11.6 Å². The lowest BCUT2D eigenvalue weighted by Crippen LogP contribution is -2.46. The predicted octanol–water partition coefficient (Wildman–Crippen LogP) is 3.47. The van der Waals surface area contributed by atoms with E-state index in [9.17, 15) is 4.79 Å². The lowest BCUT2D eigenvalue weighted by molar-refractivity contribution is -0.123. The molecule has 2 aromatic carbocycles. The molecule has 0 aromatic heterocycles. The van der Waals surface area contributed by atoms with Gasteiger partial charge in [0, 0.05) is 26.1 Å². The molecule has 1 amide bonds. The van der Waals surface area contributed by atoms with Gasteiger partial charge in [-0.25, -0.2) is 0 Å². The first-order chi connectivity index (χ1) is 12.8. The summed E-state index contributed by atoms with van der Waals surface area (Å²) in [6.07, 6.45) is 3.32. The van der Waals surface area contributed by atoms with E-state index < -0.39 is 0 Å². The first-order valence-corrected chi connectivity index (χ1v) is 9.63. The molecule has 0 radical (unpaired) electrons. The van der Waals surface area contributed by atoms with Crippen LogP contribution in [0.25, 0.3) is 0 Å². The van der Waals surface area contributed by atoms with Crippen LogP contribution in [0.1, 0.15) is 24.8 Å². The van der Waals surface area contributed by atoms with Crippen molar-refractivity contribution in [3.63, 3.8) is 0 Å². The van der Waals surface area contributed by atoms with E-state index in [2.05, 4.69) is 29.2 Å². The molecule has 2 fully saturated rings. The molecule has 1 aliphatic carbocycles. The largest absolute Gasteiger partial charge is 0.487 e. The van der Waals surface area contributed by atoms with Crippen LogP contribution >= 0.6 is 0 Å². The Kier molecular flexibility index (Phi) is 3.93. The molecular formula is C22H24N2O2. The summed E-state index contributed by atoms with van der Waals surface area (Å²) in [6.45, 7) is 2.42. The minimum Gasteiger partial charge on any atom is -0.487 e. The third-order valence-electron chi connectivity index (χ3n) is 5.73. The normalized spacial score (nSPS) is 25.4. The van der Waals surface area contributed by atoms with Gasteiger partial charge >= 0.3 is 0 Å². The number of nitrogens with zero attached hydrogens (tertiary/aromatic N) is 2. The maximum Gasteiger partial charge on any atom is 0.244 e. The summed E-state index contributed by atoms with van der Waals surface area (Å²) in [6, 6.07) is 18.3. The minimum atomic E-state index is -0.0905. The van der Waals surface area contributed by atoms with Crippen molar-refractivity contribution in [1.82, 2.24) is 4.90 Å². The molecule has 2 aromatic rings. The highest BCUT2D eigenvalue weighted by Crippen LogP contribution is 2.39. The van der Waals surface area contributed by atoms with E-state index in [1.807, 2.05) is 35.2 Å². The number of carbonyl (C=O) groups is 1. The van der Waals surface area contributed by atoms with Gasteiger partial charge in [-0.15, -0.1) is 0 Å². The average molecular weight is 348 g/mol. The van der Waals surface area contributed by atoms with Gasteiger partial charge in [0.2, 0.25) is 5.91 Å². The van der Waals surface area contributed by atoms with E-state index in [0.29, 0.717) is 5.92 Å². The molecule has 0 spiro atoms. The highest BCUT2D eigenvalue weighted by atomic mass is 16.5. The smallest absolute Gasteiger partial charge is 0.244 e. The Balaban J connectivity index is 1.47. The molecule has 134 valence electrons. The predicted molar refractivity (Wildman–Crippen MR) is 101 cm³/mol. The van der Waals surface area contributed by atoms with E-state index >= 15 is 0 Å². The summed E-state index contributed by atoms with van der Waals surface area (Å²) in [5.41, 5.74) is 2.19. The third-order valence-corrected chi connectivity index (χ3v) is 5.73. The molecule has 2 heterocycles. The van der Waals surface area contributed by atoms with E-state index in [4.69, 9.17) is 4.74 Å². The molecule has 1 saturated carbocycles. The lowest BCUT2D eigenvalue weighted by atomic mass is 10.1. The Hall–Kier alpha value is -2.33. The SMILES string of the molecule is O=C1C2CC(CN2Cc2ccccc2)Oc2ccccc2N1CC1CC1. The van der Waals surface area contributed by atoms with Gasteiger partial charge in [0.25, 0.3) is 0 Å². The van der Waals surface area contributed by atoms with Crippen LogP contribution in [0.15, 0.2) is 54.6 Å². The van der Waals surface area contributed by atoms with E-state index in [1.165, 1.54) is 18.4 Å². The van der Waals surface area contributed by atoms with Gasteiger partial charge in [-0.1, -0.05) is 42.5 Å². The molecule has 2 bridgehead atoms. The molecule has 2 atom stereocenters. The summed E-state index contributed by atoms with van der Waals surface area (Å²) < 4.78 is 6.34. The summed E-state index contributed by atoms with van der Waals surface area (Å²) >= 11 is 0. The van der Waals surface area contributed by atoms with Crippen LogP contribution in [0, 0.1) is 5.92 Å². The number of amides is 1. The summed E-state index contributed by atoms with van der Waals surface area (Å²) in [7, 11) is 0. The van der Waals surface area contributed by atoms with Crippen molar-refractivity contribution in [3.05, 3.63) is 60.2 Å². The van der Waals surface area contributed by atoms with Crippen LogP contribution in [0.3, 0.4) is 0 Å². The number of para-hydroxylation sites is 2. The summed E-state index contributed by atoms with van der Waals surface area (Å²) in [4.78, 5) is 17.8. The van der Waals surface area contributed by atoms with Crippen LogP contribution in [-0.4, -0.2) is 36.0 Å². The second-order valence-corrected chi connectivity index (χ2v) is 7.77. The van der Waals surface area contributed by atoms with Crippen LogP contribution in [-0.2, 0) is 11.3 Å². The zero-order valence-corrected chi connectivity index (χ0v) is 14.9. The van der Waals surface area contributed by atoms with Gasteiger partial charge in [-0.05, 0) is 36.5 Å². The van der Waals surface area contributed by atoms with Crippen LogP contribution in [0.5, 0.6) is 5.75 Å². The fourth-order valence-electron chi connectivity index (χ4n) is 4.20. The molecular weight excluding hydrogens is 324 g/mol. The second kappa shape index (κ2) is 6.44. The molecule has 26 heavy (non-hydrogen) atoms. The maximum atomic E-state index is 13.5. The highest BCUT2D eigenvalue weighted by Gasteiger charge is 2.43. The lowest BCUT2D eigenvalue weighted by Gasteiger charge is -2.32. The molecule has 4 heteroatoms. The van der Waals surface area contributed by atoms with Crippen molar-refractivity contribution in [2.45, 2.75) is 38.0 Å². The van der Waals surface area contributed by atoms with Crippen LogP contribution < -0.4 is 9.64 Å². The molecule has 2 aliphatic heterocycles. The van der Waals surface area contributed by atoms with Gasteiger partial charge in [0.15, 0.2) is 0 Å². The quantitative estimate of drug-likeness (QED) is 0.848. The van der Waals surface area contributed by atoms with Crippen LogP contribution in [0.2, 0.25) is 0 Å². The average Bonchev–Trinajstić information content (AvgIpc) is 3.39. The van der Waals surface area contributed by atoms with E-state index in [-0.39, 0.29) is 18.1 Å². The van der Waals surface area contributed by atoms with Crippen molar-refractivity contribution < 1.29 is 9.53 Å². The maximum absolute atomic E-state index is 13.5. The first-order valence-electron chi connectivity index (χ1n) is 9.63. The highest BCUT2D eigenvalue weighted by molar-refractivity contribution is 5.99. The zero-order valence-electron chi connectivity index (χ0n) is 14.9. The molecule has 3 aliphatic rings. The zero-order chi connectivity index (χ0) is 17.5. The standard InChI is InChI=1S/C22H24N2O2/c25-22-20-12-18(15-23(20)13-16-6-2-1-3-7-16)26-21-9-5-4-8-19(21)24(22)14-17-10-11-17/h1-9,17-18,20H,10-15H2. The first kappa shape index (κ1) is 15.9. The van der Waals surface area contributed by atoms with Crippen molar-refractivity contribution in [2.75, 3.05) is 18.0 Å². The van der Waals surface area contributed by atoms with Crippen LogP contribution in [0.4, 0.5) is 5.69 Å². The number of hydrogen-bond donors (Lipinski definition) is 0. The van der Waals surface area contributed by atoms with Crippen molar-refractivity contribution in [3.8, 4) is 5.75 Å². The van der Waals surface area contributed by atoms with Gasteiger partial charge in [-0.3, -0.25) is 9.69 Å². The Labute approximate surface area is 154 Å². The third kappa shape index (κ3) is 2.99. The molecule has 0 N–H and O–H groups in total. The number of fused-ring (bicyclic) bond motifs is 3. The Bertz CT molecular complexity index is 803. The number of likely N-dealkylation sites (tertiary alicyclic amines) is 1. The number of ether oxygens (including phenoxy) is 1. The number of anilines is 1. The molecule has 2 unspecified atom stereocenters. The van der Waals surface area contributed by atoms with E-state index in [0.717, 1.165) is 37.5 Å². The fourth-order valence-corrected chi connectivity index (χ4v) is 4.20. The van der Waals surface area contributed by atoms with E-state index in [1.54, 1.807) is 0 Å². The number of hydrogen-bond acceptors (Lipinski definition) is 3. The Morgan fingerprint density at radius 1 is 1.00 bits per heavy atom. The minimum absolute atomic E-state index is 0.0805. The monoisotopic (exact) mass is 348 g/mol. The number of rotatable bonds is 4. The van der Waals surface area contributed by atoms with Crippen molar-refractivity contribution in [1.29, 1.82) is 0 Å². The van der Waals surface area contributed by atoms with Gasteiger partial charge in [0.05, 0.1) is 11.7 Å². The molecule has 5 rings (SSSR count).